The first-order chi connectivity index (χ1) is 7.47. The molecule has 0 saturated carbocycles. The number of hydrogen-bond acceptors (Lipinski definition) is 5. The fraction of sp³-hybridized carbons (Fsp3) is 1.00. The fourth-order valence-electron chi connectivity index (χ4n) is 1.40. The quantitative estimate of drug-likeness (QED) is 0.663. The summed E-state index contributed by atoms with van der Waals surface area (Å²) >= 11 is 0. The molecule has 1 saturated heterocycles. The van der Waals surface area contributed by atoms with Crippen LogP contribution in [0.1, 0.15) is 26.2 Å². The van der Waals surface area contributed by atoms with Gasteiger partial charge in [-0.05, 0) is 19.3 Å². The van der Waals surface area contributed by atoms with Crippen LogP contribution >= 0.6 is 0 Å². The van der Waals surface area contributed by atoms with Crippen LogP contribution in [0, 0.1) is 5.92 Å². The van der Waals surface area contributed by atoms with Gasteiger partial charge in [0.2, 0.25) is 0 Å². The van der Waals surface area contributed by atoms with Crippen LogP contribution in [0.15, 0.2) is 0 Å². The Hall–Kier alpha value is -0.170. The van der Waals surface area contributed by atoms with Crippen molar-refractivity contribution in [2.24, 2.45) is 5.92 Å². The number of hydrogen-bond donors (Lipinski definition) is 0. The van der Waals surface area contributed by atoms with E-state index in [9.17, 15) is 8.42 Å². The molecule has 1 rings (SSSR count). The van der Waals surface area contributed by atoms with E-state index in [-0.39, 0.29) is 18.8 Å². The van der Waals surface area contributed by atoms with Crippen molar-refractivity contribution in [3.8, 4) is 0 Å². The summed E-state index contributed by atoms with van der Waals surface area (Å²) in [5.74, 6) is 0.0419. The lowest BCUT2D eigenvalue weighted by Crippen LogP contribution is -2.26. The molecule has 1 heterocycles. The average Bonchev–Trinajstić information content (AvgIpc) is 2.24. The van der Waals surface area contributed by atoms with Crippen molar-refractivity contribution in [2.45, 2.75) is 32.5 Å². The van der Waals surface area contributed by atoms with Crippen LogP contribution in [-0.2, 0) is 23.8 Å². The van der Waals surface area contributed by atoms with E-state index >= 15 is 0 Å². The SMILES string of the molecule is CC(COC1CCCCO1)COS(C)(=O)=O. The van der Waals surface area contributed by atoms with Crippen molar-refractivity contribution >= 4 is 10.1 Å². The first-order valence-electron chi connectivity index (χ1n) is 5.55. The summed E-state index contributed by atoms with van der Waals surface area (Å²) in [7, 11) is -3.35. The van der Waals surface area contributed by atoms with E-state index in [0.29, 0.717) is 6.61 Å². The van der Waals surface area contributed by atoms with E-state index in [1.165, 1.54) is 0 Å². The van der Waals surface area contributed by atoms with Gasteiger partial charge in [0.15, 0.2) is 6.29 Å². The van der Waals surface area contributed by atoms with Gasteiger partial charge in [-0.2, -0.15) is 8.42 Å². The van der Waals surface area contributed by atoms with Gasteiger partial charge in [0, 0.05) is 12.5 Å². The largest absolute Gasteiger partial charge is 0.353 e. The molecular formula is C10H20O5S. The summed E-state index contributed by atoms with van der Waals surface area (Å²) < 4.78 is 37.1. The smallest absolute Gasteiger partial charge is 0.264 e. The topological polar surface area (TPSA) is 61.8 Å². The highest BCUT2D eigenvalue weighted by molar-refractivity contribution is 7.85. The number of ether oxygens (including phenoxy) is 2. The molecule has 0 aromatic carbocycles. The molecule has 0 amide bonds. The minimum Gasteiger partial charge on any atom is -0.353 e. The minimum atomic E-state index is -3.35. The first-order valence-corrected chi connectivity index (χ1v) is 7.36. The summed E-state index contributed by atoms with van der Waals surface area (Å²) in [6.07, 6.45) is 4.05. The van der Waals surface area contributed by atoms with E-state index in [1.54, 1.807) is 0 Å². The molecule has 0 bridgehead atoms. The molecule has 0 spiro atoms. The minimum absolute atomic E-state index is 0.0419. The van der Waals surface area contributed by atoms with Gasteiger partial charge in [-0.1, -0.05) is 6.92 Å². The van der Waals surface area contributed by atoms with Crippen LogP contribution in [0.5, 0.6) is 0 Å². The Morgan fingerprint density at radius 3 is 2.69 bits per heavy atom. The zero-order chi connectivity index (χ0) is 12.0. The molecule has 2 unspecified atom stereocenters. The van der Waals surface area contributed by atoms with Crippen LogP contribution in [0.2, 0.25) is 0 Å². The molecule has 1 fully saturated rings. The molecule has 2 atom stereocenters. The molecule has 5 nitrogen and oxygen atoms in total. The lowest BCUT2D eigenvalue weighted by Gasteiger charge is -2.24. The second kappa shape index (κ2) is 6.54. The Balaban J connectivity index is 2.11. The maximum absolute atomic E-state index is 10.8. The molecule has 96 valence electrons. The van der Waals surface area contributed by atoms with Crippen LogP contribution in [0.25, 0.3) is 0 Å². The summed E-state index contributed by atoms with van der Waals surface area (Å²) in [6, 6.07) is 0. The van der Waals surface area contributed by atoms with E-state index < -0.39 is 10.1 Å². The van der Waals surface area contributed by atoms with Crippen molar-refractivity contribution < 1.29 is 22.1 Å². The standard InChI is InChI=1S/C10H20O5S/c1-9(8-15-16(2,11)12)7-14-10-5-3-4-6-13-10/h9-10H,3-8H2,1-2H3. The second-order valence-corrected chi connectivity index (χ2v) is 5.87. The normalized spacial score (nSPS) is 24.2. The highest BCUT2D eigenvalue weighted by Gasteiger charge is 2.16. The van der Waals surface area contributed by atoms with Crippen molar-refractivity contribution in [1.82, 2.24) is 0 Å². The lowest BCUT2D eigenvalue weighted by molar-refractivity contribution is -0.169. The third kappa shape index (κ3) is 6.42. The number of rotatable bonds is 6. The van der Waals surface area contributed by atoms with Crippen molar-refractivity contribution in [1.29, 1.82) is 0 Å². The average molecular weight is 252 g/mol. The molecule has 6 heteroatoms. The van der Waals surface area contributed by atoms with Crippen LogP contribution in [0.3, 0.4) is 0 Å². The van der Waals surface area contributed by atoms with Gasteiger partial charge < -0.3 is 9.47 Å². The molecular weight excluding hydrogens is 232 g/mol. The molecule has 16 heavy (non-hydrogen) atoms. The highest BCUT2D eigenvalue weighted by atomic mass is 32.2. The first kappa shape index (κ1) is 13.9. The predicted octanol–water partition coefficient (Wildman–Crippen LogP) is 1.14. The van der Waals surface area contributed by atoms with Gasteiger partial charge in [0.1, 0.15) is 0 Å². The summed E-state index contributed by atoms with van der Waals surface area (Å²) in [5.41, 5.74) is 0. The van der Waals surface area contributed by atoms with Gasteiger partial charge in [0.05, 0.1) is 19.5 Å². The Kier molecular flexibility index (Phi) is 5.68. The maximum Gasteiger partial charge on any atom is 0.264 e. The molecule has 0 aromatic heterocycles. The van der Waals surface area contributed by atoms with E-state index in [1.807, 2.05) is 6.92 Å². The highest BCUT2D eigenvalue weighted by Crippen LogP contribution is 2.14. The Bertz CT molecular complexity index is 282. The van der Waals surface area contributed by atoms with Gasteiger partial charge in [-0.3, -0.25) is 4.18 Å². The molecule has 0 aliphatic carbocycles. The third-order valence-corrected chi connectivity index (χ3v) is 2.84. The summed E-state index contributed by atoms with van der Waals surface area (Å²) in [5, 5.41) is 0. The van der Waals surface area contributed by atoms with Crippen molar-refractivity contribution in [3.05, 3.63) is 0 Å². The van der Waals surface area contributed by atoms with Gasteiger partial charge in [-0.15, -0.1) is 0 Å². The summed E-state index contributed by atoms with van der Waals surface area (Å²) in [6.45, 7) is 3.25. The zero-order valence-electron chi connectivity index (χ0n) is 9.85. The van der Waals surface area contributed by atoms with Crippen LogP contribution < -0.4 is 0 Å². The van der Waals surface area contributed by atoms with Gasteiger partial charge in [-0.25, -0.2) is 0 Å². The zero-order valence-corrected chi connectivity index (χ0v) is 10.7. The monoisotopic (exact) mass is 252 g/mol. The second-order valence-electron chi connectivity index (χ2n) is 4.22. The van der Waals surface area contributed by atoms with Crippen LogP contribution in [0.4, 0.5) is 0 Å². The van der Waals surface area contributed by atoms with Crippen molar-refractivity contribution in [3.63, 3.8) is 0 Å². The van der Waals surface area contributed by atoms with Gasteiger partial charge >= 0.3 is 0 Å². The third-order valence-electron chi connectivity index (χ3n) is 2.27. The van der Waals surface area contributed by atoms with Gasteiger partial charge in [0.25, 0.3) is 10.1 Å². The van der Waals surface area contributed by atoms with E-state index in [2.05, 4.69) is 4.18 Å². The predicted molar refractivity (Wildman–Crippen MR) is 59.5 cm³/mol. The Morgan fingerprint density at radius 2 is 2.12 bits per heavy atom. The van der Waals surface area contributed by atoms with Crippen LogP contribution in [-0.4, -0.2) is 40.8 Å². The maximum atomic E-state index is 10.8. The Labute approximate surface area is 97.2 Å². The van der Waals surface area contributed by atoms with E-state index in [4.69, 9.17) is 9.47 Å². The molecule has 1 aliphatic heterocycles. The molecule has 0 radical (unpaired) electrons. The lowest BCUT2D eigenvalue weighted by atomic mass is 10.2. The molecule has 0 N–H and O–H groups in total. The fourth-order valence-corrected chi connectivity index (χ4v) is 1.88. The van der Waals surface area contributed by atoms with Crippen molar-refractivity contribution in [2.75, 3.05) is 26.1 Å². The Morgan fingerprint density at radius 1 is 1.38 bits per heavy atom. The summed E-state index contributed by atoms with van der Waals surface area (Å²) in [4.78, 5) is 0. The molecule has 1 aliphatic rings. The molecule has 0 aromatic rings. The van der Waals surface area contributed by atoms with E-state index in [0.717, 1.165) is 32.1 Å².